The minimum absolute atomic E-state index is 0. The van der Waals surface area contributed by atoms with Gasteiger partial charge in [-0.15, -0.1) is 24.8 Å². The van der Waals surface area contributed by atoms with Gasteiger partial charge in [0.15, 0.2) is 14.6 Å². The number of halogens is 5. The van der Waals surface area contributed by atoms with E-state index in [1.807, 2.05) is 11.8 Å². The fourth-order valence-electron chi connectivity index (χ4n) is 4.08. The predicted octanol–water partition coefficient (Wildman–Crippen LogP) is 4.01. The van der Waals surface area contributed by atoms with Gasteiger partial charge in [0, 0.05) is 31.3 Å². The van der Waals surface area contributed by atoms with Gasteiger partial charge in [-0.1, -0.05) is 19.1 Å². The number of piperidine rings is 1. The zero-order valence-electron chi connectivity index (χ0n) is 19.5. The molecular formula is C22H29Cl2F3N4O4S. The molecule has 0 unspecified atom stereocenters. The summed E-state index contributed by atoms with van der Waals surface area (Å²) in [5.74, 6) is -0.945. The van der Waals surface area contributed by atoms with E-state index < -0.39 is 33.1 Å². The average molecular weight is 573 g/mol. The highest BCUT2D eigenvalue weighted by molar-refractivity contribution is 7.93. The Balaban J connectivity index is 0.00000324. The van der Waals surface area contributed by atoms with Crippen molar-refractivity contribution < 1.29 is 31.6 Å². The highest BCUT2D eigenvalue weighted by Crippen LogP contribution is 2.36. The van der Waals surface area contributed by atoms with E-state index in [4.69, 9.17) is 0 Å². The maximum Gasteiger partial charge on any atom is 0.389 e. The van der Waals surface area contributed by atoms with Gasteiger partial charge in [0.2, 0.25) is 0 Å². The Kier molecular flexibility index (Phi) is 11.6. The van der Waals surface area contributed by atoms with Crippen LogP contribution in [0.5, 0.6) is 0 Å². The molecule has 2 heterocycles. The topological polar surface area (TPSA) is 112 Å². The summed E-state index contributed by atoms with van der Waals surface area (Å²) in [4.78, 5) is 22.9. The Labute approximate surface area is 220 Å². The van der Waals surface area contributed by atoms with Crippen LogP contribution < -0.4 is 5.48 Å². The van der Waals surface area contributed by atoms with Crippen LogP contribution in [0.25, 0.3) is 11.3 Å². The number of aromatic nitrogens is 2. The summed E-state index contributed by atoms with van der Waals surface area (Å²) in [5.41, 5.74) is 2.96. The van der Waals surface area contributed by atoms with Crippen molar-refractivity contribution in [2.45, 2.75) is 54.8 Å². The molecule has 1 aromatic heterocycles. The molecule has 2 N–H and O–H groups in total. The van der Waals surface area contributed by atoms with E-state index in [1.54, 1.807) is 0 Å². The number of benzene rings is 1. The first-order chi connectivity index (χ1) is 16.0. The number of hydrogen-bond donors (Lipinski definition) is 2. The second-order valence-electron chi connectivity index (χ2n) is 8.26. The lowest BCUT2D eigenvalue weighted by Gasteiger charge is -2.39. The molecule has 8 nitrogen and oxygen atoms in total. The fourth-order valence-corrected chi connectivity index (χ4v) is 6.04. The third kappa shape index (κ3) is 7.06. The van der Waals surface area contributed by atoms with Crippen molar-refractivity contribution in [1.82, 2.24) is 20.3 Å². The van der Waals surface area contributed by atoms with Gasteiger partial charge in [0.25, 0.3) is 5.91 Å². The number of carbonyl (C=O) groups is 1. The molecule has 0 radical (unpaired) electrons. The first-order valence-corrected chi connectivity index (χ1v) is 12.4. The van der Waals surface area contributed by atoms with Gasteiger partial charge in [-0.05, 0) is 44.4 Å². The molecule has 0 saturated carbocycles. The lowest BCUT2D eigenvalue weighted by atomic mass is 9.95. The zero-order valence-corrected chi connectivity index (χ0v) is 21.9. The van der Waals surface area contributed by atoms with Crippen molar-refractivity contribution in [1.29, 1.82) is 0 Å². The standard InChI is InChI=1S/C22H27F3N4O4S.2ClH/c1-2-29-12-10-21(11-13-29,20(30)28-31)34(32,33)18-7-5-16(6-8-18)19-15-26-17(14-27-19)4-3-9-22(23,24)25;;/h5-8,14-15,31H,2-4,9-13H2,1H3,(H,28,30);2*1H. The van der Waals surface area contributed by atoms with Crippen LogP contribution in [0.15, 0.2) is 41.6 Å². The monoisotopic (exact) mass is 572 g/mol. The lowest BCUT2D eigenvalue weighted by Crippen LogP contribution is -2.57. The number of carbonyl (C=O) groups excluding carboxylic acids is 1. The van der Waals surface area contributed by atoms with Crippen LogP contribution in [0, 0.1) is 0 Å². The Morgan fingerprint density at radius 3 is 2.19 bits per heavy atom. The van der Waals surface area contributed by atoms with E-state index in [2.05, 4.69) is 9.97 Å². The number of nitrogens with one attached hydrogen (secondary N) is 1. The summed E-state index contributed by atoms with van der Waals surface area (Å²) in [6.45, 7) is 3.50. The molecule has 2 aromatic rings. The number of hydroxylamine groups is 1. The van der Waals surface area contributed by atoms with E-state index in [0.717, 1.165) is 6.54 Å². The van der Waals surface area contributed by atoms with Crippen LogP contribution in [0.4, 0.5) is 13.2 Å². The lowest BCUT2D eigenvalue weighted by molar-refractivity contribution is -0.135. The van der Waals surface area contributed by atoms with Gasteiger partial charge in [0.1, 0.15) is 0 Å². The van der Waals surface area contributed by atoms with Crippen molar-refractivity contribution in [2.24, 2.45) is 0 Å². The number of alkyl halides is 3. The number of nitrogens with zero attached hydrogens (tertiary/aromatic N) is 3. The highest BCUT2D eigenvalue weighted by Gasteiger charge is 2.52. The van der Waals surface area contributed by atoms with Crippen LogP contribution >= 0.6 is 24.8 Å². The maximum atomic E-state index is 13.5. The SMILES string of the molecule is CCN1CCC(C(=O)NO)(S(=O)(=O)c2ccc(-c3cnc(CCCC(F)(F)F)cn3)cc2)CC1.Cl.Cl. The van der Waals surface area contributed by atoms with Crippen LogP contribution in [-0.4, -0.2) is 65.0 Å². The quantitative estimate of drug-likeness (QED) is 0.363. The van der Waals surface area contributed by atoms with Crippen LogP contribution in [0.1, 0.15) is 38.3 Å². The molecule has 0 spiro atoms. The minimum atomic E-state index is -4.21. The second kappa shape index (κ2) is 13.0. The second-order valence-corrected chi connectivity index (χ2v) is 10.5. The van der Waals surface area contributed by atoms with Gasteiger partial charge >= 0.3 is 6.18 Å². The smallest absolute Gasteiger partial charge is 0.303 e. The van der Waals surface area contributed by atoms with Crippen LogP contribution in [0.2, 0.25) is 0 Å². The summed E-state index contributed by atoms with van der Waals surface area (Å²) in [6, 6.07) is 5.82. The molecule has 0 atom stereocenters. The van der Waals surface area contributed by atoms with Crippen molar-refractivity contribution in [3.63, 3.8) is 0 Å². The van der Waals surface area contributed by atoms with E-state index in [0.29, 0.717) is 30.0 Å². The molecule has 1 aliphatic rings. The number of likely N-dealkylation sites (tertiary alicyclic amines) is 1. The summed E-state index contributed by atoms with van der Waals surface area (Å²) >= 11 is 0. The van der Waals surface area contributed by atoms with E-state index in [1.165, 1.54) is 42.1 Å². The molecule has 1 saturated heterocycles. The Morgan fingerprint density at radius 1 is 1.11 bits per heavy atom. The summed E-state index contributed by atoms with van der Waals surface area (Å²) in [7, 11) is -4.12. The predicted molar refractivity (Wildman–Crippen MR) is 132 cm³/mol. The number of amides is 1. The summed E-state index contributed by atoms with van der Waals surface area (Å²) in [6.07, 6.45) is -2.10. The third-order valence-corrected chi connectivity index (χ3v) is 8.71. The number of rotatable bonds is 8. The van der Waals surface area contributed by atoms with Crippen molar-refractivity contribution in [3.8, 4) is 11.3 Å². The van der Waals surface area contributed by atoms with E-state index in [9.17, 15) is 31.6 Å². The van der Waals surface area contributed by atoms with Gasteiger partial charge in [-0.3, -0.25) is 20.0 Å². The molecule has 1 fully saturated rings. The number of sulfone groups is 1. The Bertz CT molecular complexity index is 1090. The van der Waals surface area contributed by atoms with Gasteiger partial charge in [-0.2, -0.15) is 13.2 Å². The normalized spacial score (nSPS) is 15.9. The van der Waals surface area contributed by atoms with Gasteiger partial charge < -0.3 is 4.90 Å². The maximum absolute atomic E-state index is 13.5. The Morgan fingerprint density at radius 2 is 1.72 bits per heavy atom. The molecule has 1 aromatic carbocycles. The molecular weight excluding hydrogens is 544 g/mol. The summed E-state index contributed by atoms with van der Waals surface area (Å²) < 4.78 is 62.0. The van der Waals surface area contributed by atoms with E-state index in [-0.39, 0.29) is 55.4 Å². The molecule has 36 heavy (non-hydrogen) atoms. The molecule has 1 aliphatic heterocycles. The average Bonchev–Trinajstić information content (AvgIpc) is 2.83. The number of hydrogen-bond acceptors (Lipinski definition) is 7. The fraction of sp³-hybridized carbons (Fsp3) is 0.500. The van der Waals surface area contributed by atoms with Crippen molar-refractivity contribution in [2.75, 3.05) is 19.6 Å². The first kappa shape index (κ1) is 32.0. The van der Waals surface area contributed by atoms with Crippen LogP contribution in [-0.2, 0) is 21.1 Å². The molecule has 202 valence electrons. The van der Waals surface area contributed by atoms with Crippen LogP contribution in [0.3, 0.4) is 0 Å². The summed E-state index contributed by atoms with van der Waals surface area (Å²) in [5, 5.41) is 9.25. The largest absolute Gasteiger partial charge is 0.389 e. The van der Waals surface area contributed by atoms with Gasteiger partial charge in [0.05, 0.1) is 22.5 Å². The Hall–Kier alpha value is -1.99. The molecule has 0 aliphatic carbocycles. The molecule has 1 amide bonds. The third-order valence-electron chi connectivity index (χ3n) is 6.20. The first-order valence-electron chi connectivity index (χ1n) is 10.9. The van der Waals surface area contributed by atoms with Crippen molar-refractivity contribution >= 4 is 40.6 Å². The van der Waals surface area contributed by atoms with Gasteiger partial charge in [-0.25, -0.2) is 13.9 Å². The number of aryl methyl sites for hydroxylation is 1. The highest BCUT2D eigenvalue weighted by atomic mass is 35.5. The van der Waals surface area contributed by atoms with E-state index >= 15 is 0 Å². The minimum Gasteiger partial charge on any atom is -0.303 e. The molecule has 3 rings (SSSR count). The van der Waals surface area contributed by atoms with Crippen molar-refractivity contribution in [3.05, 3.63) is 42.4 Å². The molecule has 0 bridgehead atoms. The molecule has 14 heteroatoms. The zero-order chi connectivity index (χ0) is 25.0.